The summed E-state index contributed by atoms with van der Waals surface area (Å²) >= 11 is 5.74. The average molecular weight is 251 g/mol. The Morgan fingerprint density at radius 3 is 2.65 bits per heavy atom. The minimum absolute atomic E-state index is 0.0127. The number of hydrogen-bond acceptors (Lipinski definition) is 3. The molecule has 0 aliphatic carbocycles. The Kier molecular flexibility index (Phi) is 3.44. The minimum atomic E-state index is -0.111. The molecule has 1 aromatic carbocycles. The van der Waals surface area contributed by atoms with Gasteiger partial charge in [0.2, 0.25) is 5.78 Å². The summed E-state index contributed by atoms with van der Waals surface area (Å²) in [6.07, 6.45) is 1.58. The molecule has 0 aliphatic rings. The molecule has 88 valence electrons. The van der Waals surface area contributed by atoms with E-state index in [4.69, 9.17) is 16.3 Å². The lowest BCUT2D eigenvalue weighted by molar-refractivity contribution is 0.0912. The fourth-order valence-corrected chi connectivity index (χ4v) is 1.53. The molecule has 0 saturated heterocycles. The molecule has 0 bridgehead atoms. The maximum atomic E-state index is 11.8. The summed E-state index contributed by atoms with van der Waals surface area (Å²) in [5.41, 5.74) is 0.527. The van der Waals surface area contributed by atoms with E-state index in [1.165, 1.54) is 4.68 Å². The molecule has 0 radical (unpaired) electrons. The van der Waals surface area contributed by atoms with Crippen molar-refractivity contribution in [1.29, 1.82) is 0 Å². The van der Waals surface area contributed by atoms with Gasteiger partial charge in [-0.25, -0.2) is 0 Å². The normalized spacial score (nSPS) is 10.2. The van der Waals surface area contributed by atoms with Gasteiger partial charge >= 0.3 is 0 Å². The molecule has 0 saturated carbocycles. The summed E-state index contributed by atoms with van der Waals surface area (Å²) in [4.78, 5) is 11.8. The van der Waals surface area contributed by atoms with Gasteiger partial charge in [-0.1, -0.05) is 11.6 Å². The molecule has 0 amide bonds. The van der Waals surface area contributed by atoms with Crippen molar-refractivity contribution in [3.8, 4) is 5.75 Å². The van der Waals surface area contributed by atoms with Crippen LogP contribution in [-0.2, 0) is 7.05 Å². The SMILES string of the molecule is Cn1nccc1C(=O)COc1ccc(Cl)cc1. The highest BCUT2D eigenvalue weighted by Gasteiger charge is 2.10. The third-order valence-corrected chi connectivity index (χ3v) is 2.54. The topological polar surface area (TPSA) is 44.1 Å². The number of benzene rings is 1. The van der Waals surface area contributed by atoms with Crippen LogP contribution < -0.4 is 4.74 Å². The first-order chi connectivity index (χ1) is 8.16. The van der Waals surface area contributed by atoms with Gasteiger partial charge in [0, 0.05) is 18.3 Å². The lowest BCUT2D eigenvalue weighted by Gasteiger charge is -2.05. The van der Waals surface area contributed by atoms with Crippen LogP contribution in [0.15, 0.2) is 36.5 Å². The molecule has 0 spiro atoms. The number of aromatic nitrogens is 2. The predicted molar refractivity (Wildman–Crippen MR) is 64.5 cm³/mol. The lowest BCUT2D eigenvalue weighted by Crippen LogP contribution is -2.15. The number of ketones is 1. The molecule has 1 heterocycles. The first-order valence-corrected chi connectivity index (χ1v) is 5.44. The van der Waals surface area contributed by atoms with Crippen molar-refractivity contribution in [2.24, 2.45) is 7.05 Å². The molecular formula is C12H11ClN2O2. The van der Waals surface area contributed by atoms with Crippen LogP contribution in [0.3, 0.4) is 0 Å². The van der Waals surface area contributed by atoms with E-state index in [0.717, 1.165) is 0 Å². The molecule has 2 rings (SSSR count). The molecule has 2 aromatic rings. The van der Waals surface area contributed by atoms with Crippen molar-refractivity contribution >= 4 is 17.4 Å². The number of ether oxygens (including phenoxy) is 1. The summed E-state index contributed by atoms with van der Waals surface area (Å²) in [7, 11) is 1.72. The van der Waals surface area contributed by atoms with Crippen molar-refractivity contribution in [2.45, 2.75) is 0 Å². The summed E-state index contributed by atoms with van der Waals surface area (Å²) in [6, 6.07) is 8.53. The van der Waals surface area contributed by atoms with E-state index in [1.54, 1.807) is 43.6 Å². The fraction of sp³-hybridized carbons (Fsp3) is 0.167. The number of carbonyl (C=O) groups is 1. The molecule has 0 fully saturated rings. The highest BCUT2D eigenvalue weighted by molar-refractivity contribution is 6.30. The Morgan fingerprint density at radius 1 is 1.35 bits per heavy atom. The third kappa shape index (κ3) is 2.85. The Bertz CT molecular complexity index is 520. The monoisotopic (exact) mass is 250 g/mol. The van der Waals surface area contributed by atoms with E-state index >= 15 is 0 Å². The fourth-order valence-electron chi connectivity index (χ4n) is 1.40. The van der Waals surface area contributed by atoms with Crippen LogP contribution in [0.2, 0.25) is 5.02 Å². The van der Waals surface area contributed by atoms with E-state index in [-0.39, 0.29) is 12.4 Å². The zero-order valence-electron chi connectivity index (χ0n) is 9.26. The second-order valence-electron chi connectivity index (χ2n) is 3.51. The van der Waals surface area contributed by atoms with Crippen molar-refractivity contribution < 1.29 is 9.53 Å². The minimum Gasteiger partial charge on any atom is -0.485 e. The number of rotatable bonds is 4. The second kappa shape index (κ2) is 5.01. The molecule has 0 N–H and O–H groups in total. The number of aryl methyl sites for hydroxylation is 1. The van der Waals surface area contributed by atoms with Gasteiger partial charge in [-0.05, 0) is 30.3 Å². The maximum absolute atomic E-state index is 11.8. The summed E-state index contributed by atoms with van der Waals surface area (Å²) in [5, 5.41) is 4.56. The largest absolute Gasteiger partial charge is 0.485 e. The first-order valence-electron chi connectivity index (χ1n) is 5.06. The van der Waals surface area contributed by atoms with Crippen molar-refractivity contribution in [3.05, 3.63) is 47.2 Å². The van der Waals surface area contributed by atoms with Crippen LogP contribution in [0, 0.1) is 0 Å². The summed E-state index contributed by atoms with van der Waals surface area (Å²) in [5.74, 6) is 0.505. The molecule has 0 atom stereocenters. The van der Waals surface area contributed by atoms with Crippen molar-refractivity contribution in [1.82, 2.24) is 9.78 Å². The van der Waals surface area contributed by atoms with E-state index in [0.29, 0.717) is 16.5 Å². The highest BCUT2D eigenvalue weighted by Crippen LogP contribution is 2.15. The molecule has 17 heavy (non-hydrogen) atoms. The van der Waals surface area contributed by atoms with E-state index in [9.17, 15) is 4.79 Å². The van der Waals surface area contributed by atoms with Gasteiger partial charge in [0.05, 0.1) is 0 Å². The smallest absolute Gasteiger partial charge is 0.218 e. The average Bonchev–Trinajstić information content (AvgIpc) is 2.74. The number of halogens is 1. The van der Waals surface area contributed by atoms with Gasteiger partial charge < -0.3 is 4.74 Å². The second-order valence-corrected chi connectivity index (χ2v) is 3.94. The zero-order valence-corrected chi connectivity index (χ0v) is 10.0. The van der Waals surface area contributed by atoms with Crippen LogP contribution >= 0.6 is 11.6 Å². The van der Waals surface area contributed by atoms with E-state index in [1.807, 2.05) is 0 Å². The maximum Gasteiger partial charge on any atom is 0.218 e. The van der Waals surface area contributed by atoms with Gasteiger partial charge in [-0.3, -0.25) is 9.48 Å². The molecule has 5 heteroatoms. The number of nitrogens with zero attached hydrogens (tertiary/aromatic N) is 2. The molecular weight excluding hydrogens is 240 g/mol. The van der Waals surface area contributed by atoms with Crippen molar-refractivity contribution in [2.75, 3.05) is 6.61 Å². The quantitative estimate of drug-likeness (QED) is 0.783. The lowest BCUT2D eigenvalue weighted by atomic mass is 10.3. The van der Waals surface area contributed by atoms with Crippen LogP contribution in [0.5, 0.6) is 5.75 Å². The van der Waals surface area contributed by atoms with E-state index < -0.39 is 0 Å². The van der Waals surface area contributed by atoms with Gasteiger partial charge in [-0.15, -0.1) is 0 Å². The van der Waals surface area contributed by atoms with Crippen LogP contribution in [0.1, 0.15) is 10.5 Å². The Balaban J connectivity index is 1.97. The Morgan fingerprint density at radius 2 is 2.06 bits per heavy atom. The van der Waals surface area contributed by atoms with Gasteiger partial charge in [0.1, 0.15) is 11.4 Å². The molecule has 0 aliphatic heterocycles. The first kappa shape index (κ1) is 11.7. The predicted octanol–water partition coefficient (Wildman–Crippen LogP) is 2.34. The highest BCUT2D eigenvalue weighted by atomic mass is 35.5. The van der Waals surface area contributed by atoms with Crippen LogP contribution in [0.25, 0.3) is 0 Å². The summed E-state index contributed by atoms with van der Waals surface area (Å²) in [6.45, 7) is -0.0127. The van der Waals surface area contributed by atoms with Crippen LogP contribution in [0.4, 0.5) is 0 Å². The molecule has 0 unspecified atom stereocenters. The zero-order chi connectivity index (χ0) is 12.3. The Hall–Kier alpha value is -1.81. The van der Waals surface area contributed by atoms with Gasteiger partial charge in [0.15, 0.2) is 6.61 Å². The molecule has 4 nitrogen and oxygen atoms in total. The van der Waals surface area contributed by atoms with E-state index in [2.05, 4.69) is 5.10 Å². The van der Waals surface area contributed by atoms with Gasteiger partial charge in [0.25, 0.3) is 0 Å². The number of Topliss-reactive ketones (excluding diaryl/α,β-unsaturated/α-hetero) is 1. The van der Waals surface area contributed by atoms with Crippen molar-refractivity contribution in [3.63, 3.8) is 0 Å². The third-order valence-electron chi connectivity index (χ3n) is 2.29. The Labute approximate surface area is 104 Å². The van der Waals surface area contributed by atoms with Gasteiger partial charge in [-0.2, -0.15) is 5.10 Å². The van der Waals surface area contributed by atoms with Crippen LogP contribution in [-0.4, -0.2) is 22.2 Å². The number of carbonyl (C=O) groups excluding carboxylic acids is 1. The standard InChI is InChI=1S/C12H11ClN2O2/c1-15-11(6-7-14-15)12(16)8-17-10-4-2-9(13)3-5-10/h2-7H,8H2,1H3. The number of hydrogen-bond donors (Lipinski definition) is 0. The molecule has 1 aromatic heterocycles. The summed E-state index contributed by atoms with van der Waals surface area (Å²) < 4.78 is 6.87.